The summed E-state index contributed by atoms with van der Waals surface area (Å²) in [5.41, 5.74) is 1.42. The predicted molar refractivity (Wildman–Crippen MR) is 80.6 cm³/mol. The van der Waals surface area contributed by atoms with Gasteiger partial charge in [-0.15, -0.1) is 0 Å². The molecule has 0 spiro atoms. The fourth-order valence-corrected chi connectivity index (χ4v) is 2.85. The Kier molecular flexibility index (Phi) is 4.46. The Balaban J connectivity index is 1.59. The summed E-state index contributed by atoms with van der Waals surface area (Å²) in [7, 11) is 0. The fourth-order valence-electron chi connectivity index (χ4n) is 2.85. The molecule has 1 N–H and O–H groups in total. The van der Waals surface area contributed by atoms with Crippen molar-refractivity contribution in [3.63, 3.8) is 0 Å². The Morgan fingerprint density at radius 2 is 2.05 bits per heavy atom. The Morgan fingerprint density at radius 3 is 2.85 bits per heavy atom. The zero-order valence-electron chi connectivity index (χ0n) is 11.8. The van der Waals surface area contributed by atoms with E-state index in [0.29, 0.717) is 6.04 Å². The van der Waals surface area contributed by atoms with Gasteiger partial charge in [0.25, 0.3) is 0 Å². The summed E-state index contributed by atoms with van der Waals surface area (Å²) in [6.45, 7) is 5.33. The van der Waals surface area contributed by atoms with E-state index in [4.69, 9.17) is 0 Å². The normalized spacial score (nSPS) is 20.1. The van der Waals surface area contributed by atoms with Crippen LogP contribution in [-0.4, -0.2) is 46.9 Å². The van der Waals surface area contributed by atoms with Crippen molar-refractivity contribution in [2.75, 3.05) is 26.2 Å². The van der Waals surface area contributed by atoms with Crippen LogP contribution in [0.15, 0.2) is 48.8 Å². The number of benzene rings is 1. The van der Waals surface area contributed by atoms with E-state index in [1.807, 2.05) is 23.1 Å². The summed E-state index contributed by atoms with van der Waals surface area (Å²) in [5.74, 6) is 0. The molecule has 1 aliphatic rings. The first-order valence-corrected chi connectivity index (χ1v) is 7.38. The second kappa shape index (κ2) is 6.68. The molecule has 4 heteroatoms. The molecular weight excluding hydrogens is 248 g/mol. The average molecular weight is 270 g/mol. The minimum atomic E-state index is 0.585. The first-order chi connectivity index (χ1) is 9.92. The summed E-state index contributed by atoms with van der Waals surface area (Å²) in [6, 6.07) is 13.3. The van der Waals surface area contributed by atoms with Crippen molar-refractivity contribution in [1.29, 1.82) is 0 Å². The van der Waals surface area contributed by atoms with Crippen LogP contribution in [0.2, 0.25) is 0 Å². The largest absolute Gasteiger partial charge is 0.314 e. The molecule has 0 amide bonds. The predicted octanol–water partition coefficient (Wildman–Crippen LogP) is 1.40. The van der Waals surface area contributed by atoms with Gasteiger partial charge in [-0.25, -0.2) is 0 Å². The third kappa shape index (κ3) is 3.46. The van der Waals surface area contributed by atoms with Gasteiger partial charge in [0.1, 0.15) is 0 Å². The lowest BCUT2D eigenvalue weighted by atomic mass is 10.0. The van der Waals surface area contributed by atoms with Gasteiger partial charge in [0.2, 0.25) is 0 Å². The summed E-state index contributed by atoms with van der Waals surface area (Å²) >= 11 is 0. The number of hydrogen-bond acceptors (Lipinski definition) is 3. The molecule has 1 aromatic heterocycles. The molecule has 3 rings (SSSR count). The van der Waals surface area contributed by atoms with Crippen LogP contribution in [0.3, 0.4) is 0 Å². The highest BCUT2D eigenvalue weighted by atomic mass is 15.3. The van der Waals surface area contributed by atoms with Gasteiger partial charge >= 0.3 is 0 Å². The second-order valence-electron chi connectivity index (χ2n) is 5.35. The highest BCUT2D eigenvalue weighted by molar-refractivity contribution is 5.16. The summed E-state index contributed by atoms with van der Waals surface area (Å²) in [6.07, 6.45) is 5.00. The quantitative estimate of drug-likeness (QED) is 0.891. The van der Waals surface area contributed by atoms with Gasteiger partial charge in [0, 0.05) is 44.6 Å². The topological polar surface area (TPSA) is 33.1 Å². The third-order valence-corrected chi connectivity index (χ3v) is 3.96. The van der Waals surface area contributed by atoms with Gasteiger partial charge < -0.3 is 5.32 Å². The number of aromatic nitrogens is 2. The molecule has 0 saturated carbocycles. The fraction of sp³-hybridized carbons (Fsp3) is 0.438. The van der Waals surface area contributed by atoms with Crippen LogP contribution in [0.5, 0.6) is 0 Å². The van der Waals surface area contributed by atoms with Crippen molar-refractivity contribution in [3.05, 3.63) is 54.4 Å². The lowest BCUT2D eigenvalue weighted by molar-refractivity contribution is 0.153. The van der Waals surface area contributed by atoms with Crippen LogP contribution >= 0.6 is 0 Å². The number of piperazine rings is 1. The van der Waals surface area contributed by atoms with E-state index in [2.05, 4.69) is 45.6 Å². The van der Waals surface area contributed by atoms with Crippen molar-refractivity contribution in [3.8, 4) is 0 Å². The first-order valence-electron chi connectivity index (χ1n) is 7.38. The maximum atomic E-state index is 4.28. The summed E-state index contributed by atoms with van der Waals surface area (Å²) in [5, 5.41) is 7.80. The van der Waals surface area contributed by atoms with Gasteiger partial charge in [-0.3, -0.25) is 9.58 Å². The van der Waals surface area contributed by atoms with E-state index >= 15 is 0 Å². The Labute approximate surface area is 120 Å². The number of hydrogen-bond donors (Lipinski definition) is 1. The molecule has 0 bridgehead atoms. The van der Waals surface area contributed by atoms with E-state index in [0.717, 1.165) is 39.1 Å². The Morgan fingerprint density at radius 1 is 1.15 bits per heavy atom. The van der Waals surface area contributed by atoms with E-state index in [9.17, 15) is 0 Å². The van der Waals surface area contributed by atoms with Gasteiger partial charge in [-0.1, -0.05) is 30.3 Å². The minimum Gasteiger partial charge on any atom is -0.314 e. The average Bonchev–Trinajstić information content (AvgIpc) is 3.01. The van der Waals surface area contributed by atoms with Crippen LogP contribution in [0, 0.1) is 0 Å². The Hall–Kier alpha value is -1.65. The van der Waals surface area contributed by atoms with Crippen LogP contribution in [0.1, 0.15) is 5.56 Å². The third-order valence-electron chi connectivity index (χ3n) is 3.96. The van der Waals surface area contributed by atoms with Crippen molar-refractivity contribution in [2.45, 2.75) is 19.0 Å². The first kappa shape index (κ1) is 13.3. The molecule has 2 heterocycles. The van der Waals surface area contributed by atoms with Gasteiger partial charge in [0.05, 0.1) is 6.54 Å². The molecule has 1 atom stereocenters. The van der Waals surface area contributed by atoms with Crippen molar-refractivity contribution in [1.82, 2.24) is 20.0 Å². The number of rotatable bonds is 5. The SMILES string of the molecule is c1ccc(CC2CNCCN2CCn2cccn2)cc1. The molecule has 20 heavy (non-hydrogen) atoms. The molecule has 1 saturated heterocycles. The molecular formula is C16H22N4. The molecule has 1 unspecified atom stereocenters. The number of nitrogens with one attached hydrogen (secondary N) is 1. The van der Waals surface area contributed by atoms with Gasteiger partial charge in [-0.05, 0) is 18.1 Å². The van der Waals surface area contributed by atoms with E-state index in [-0.39, 0.29) is 0 Å². The van der Waals surface area contributed by atoms with Crippen LogP contribution in [0.4, 0.5) is 0 Å². The summed E-state index contributed by atoms with van der Waals surface area (Å²) in [4.78, 5) is 2.59. The van der Waals surface area contributed by atoms with Crippen molar-refractivity contribution in [2.24, 2.45) is 0 Å². The zero-order chi connectivity index (χ0) is 13.6. The molecule has 1 aromatic carbocycles. The zero-order valence-corrected chi connectivity index (χ0v) is 11.8. The lowest BCUT2D eigenvalue weighted by Crippen LogP contribution is -2.52. The lowest BCUT2D eigenvalue weighted by Gasteiger charge is -2.36. The maximum absolute atomic E-state index is 4.28. The van der Waals surface area contributed by atoms with E-state index < -0.39 is 0 Å². The number of nitrogens with zero attached hydrogens (tertiary/aromatic N) is 3. The molecule has 0 radical (unpaired) electrons. The highest BCUT2D eigenvalue weighted by Gasteiger charge is 2.21. The van der Waals surface area contributed by atoms with Gasteiger partial charge in [-0.2, -0.15) is 5.10 Å². The Bertz CT molecular complexity index is 494. The van der Waals surface area contributed by atoms with Crippen LogP contribution in [-0.2, 0) is 13.0 Å². The van der Waals surface area contributed by atoms with Crippen molar-refractivity contribution < 1.29 is 0 Å². The minimum absolute atomic E-state index is 0.585. The highest BCUT2D eigenvalue weighted by Crippen LogP contribution is 2.11. The second-order valence-corrected chi connectivity index (χ2v) is 5.35. The molecule has 106 valence electrons. The molecule has 1 aliphatic heterocycles. The molecule has 4 nitrogen and oxygen atoms in total. The standard InChI is InChI=1S/C16H22N4/c1-2-5-15(6-3-1)13-16-14-17-8-10-19(16)11-12-20-9-4-7-18-20/h1-7,9,16-17H,8,10-14H2. The molecule has 1 fully saturated rings. The molecule has 0 aliphatic carbocycles. The van der Waals surface area contributed by atoms with Gasteiger partial charge in [0.15, 0.2) is 0 Å². The van der Waals surface area contributed by atoms with E-state index in [1.54, 1.807) is 0 Å². The maximum Gasteiger partial charge on any atom is 0.0536 e. The van der Waals surface area contributed by atoms with Crippen molar-refractivity contribution >= 4 is 0 Å². The van der Waals surface area contributed by atoms with E-state index in [1.165, 1.54) is 5.56 Å². The van der Waals surface area contributed by atoms with Crippen LogP contribution < -0.4 is 5.32 Å². The molecule has 2 aromatic rings. The summed E-state index contributed by atoms with van der Waals surface area (Å²) < 4.78 is 2.02. The van der Waals surface area contributed by atoms with Crippen LogP contribution in [0.25, 0.3) is 0 Å². The smallest absolute Gasteiger partial charge is 0.0536 e. The monoisotopic (exact) mass is 270 g/mol.